The fourth-order valence-electron chi connectivity index (χ4n) is 0.907. The van der Waals surface area contributed by atoms with Gasteiger partial charge in [0.2, 0.25) is 0 Å². The maximum Gasteiger partial charge on any atom is 0.412 e. The summed E-state index contributed by atoms with van der Waals surface area (Å²) in [6, 6.07) is 7.14. The van der Waals surface area contributed by atoms with Crippen molar-refractivity contribution < 1.29 is 14.6 Å². The molecule has 0 spiro atoms. The summed E-state index contributed by atoms with van der Waals surface area (Å²) in [6.07, 6.45) is -0.553. The number of nitrogens with one attached hydrogen (secondary N) is 1. The van der Waals surface area contributed by atoms with E-state index >= 15 is 0 Å². The van der Waals surface area contributed by atoms with E-state index in [4.69, 9.17) is 9.84 Å². The Morgan fingerprint density at radius 2 is 2.07 bits per heavy atom. The predicted molar refractivity (Wildman–Crippen MR) is 52.3 cm³/mol. The van der Waals surface area contributed by atoms with Gasteiger partial charge in [0, 0.05) is 6.54 Å². The zero-order valence-electron chi connectivity index (χ0n) is 7.99. The lowest BCUT2D eigenvalue weighted by Gasteiger charge is -2.04. The van der Waals surface area contributed by atoms with Crippen LogP contribution in [0.25, 0.3) is 0 Å². The van der Waals surface area contributed by atoms with E-state index in [1.807, 2.05) is 19.1 Å². The number of hydrogen-bond donors (Lipinski definition) is 2. The zero-order chi connectivity index (χ0) is 10.4. The highest BCUT2D eigenvalue weighted by atomic mass is 16.6. The topological polar surface area (TPSA) is 58.6 Å². The molecule has 0 aliphatic rings. The van der Waals surface area contributed by atoms with Crippen LogP contribution in [0.1, 0.15) is 5.56 Å². The fourth-order valence-corrected chi connectivity index (χ4v) is 0.907. The molecule has 0 unspecified atom stereocenters. The normalized spacial score (nSPS) is 9.57. The number of aliphatic hydroxyl groups is 1. The Morgan fingerprint density at radius 3 is 2.64 bits per heavy atom. The van der Waals surface area contributed by atoms with Crippen LogP contribution in [0.4, 0.5) is 4.79 Å². The molecule has 0 radical (unpaired) electrons. The van der Waals surface area contributed by atoms with Crippen LogP contribution in [-0.4, -0.2) is 24.4 Å². The summed E-state index contributed by atoms with van der Waals surface area (Å²) in [5, 5.41) is 10.8. The van der Waals surface area contributed by atoms with Crippen LogP contribution in [-0.2, 0) is 0 Å². The highest BCUT2D eigenvalue weighted by Gasteiger charge is 2.01. The van der Waals surface area contributed by atoms with E-state index in [0.29, 0.717) is 5.75 Å². The number of amides is 1. The van der Waals surface area contributed by atoms with Gasteiger partial charge in [0.25, 0.3) is 0 Å². The molecule has 1 aromatic rings. The lowest BCUT2D eigenvalue weighted by atomic mass is 10.2. The number of carbonyl (C=O) groups is 1. The van der Waals surface area contributed by atoms with Crippen molar-refractivity contribution in [3.63, 3.8) is 0 Å². The first-order valence-electron chi connectivity index (χ1n) is 4.35. The van der Waals surface area contributed by atoms with Gasteiger partial charge in [-0.3, -0.25) is 0 Å². The van der Waals surface area contributed by atoms with Crippen LogP contribution in [0.15, 0.2) is 24.3 Å². The van der Waals surface area contributed by atoms with Gasteiger partial charge in [-0.05, 0) is 19.1 Å². The highest BCUT2D eigenvalue weighted by molar-refractivity contribution is 5.70. The molecular weight excluding hydrogens is 182 g/mol. The van der Waals surface area contributed by atoms with E-state index in [0.717, 1.165) is 5.56 Å². The molecule has 76 valence electrons. The van der Waals surface area contributed by atoms with Gasteiger partial charge < -0.3 is 15.2 Å². The van der Waals surface area contributed by atoms with Crippen molar-refractivity contribution in [2.45, 2.75) is 6.92 Å². The zero-order valence-corrected chi connectivity index (χ0v) is 7.99. The predicted octanol–water partition coefficient (Wildman–Crippen LogP) is 1.08. The van der Waals surface area contributed by atoms with E-state index in [2.05, 4.69) is 5.32 Å². The van der Waals surface area contributed by atoms with Crippen molar-refractivity contribution in [1.82, 2.24) is 5.32 Å². The molecule has 4 nitrogen and oxygen atoms in total. The van der Waals surface area contributed by atoms with Gasteiger partial charge in [0.05, 0.1) is 6.61 Å². The second-order valence-electron chi connectivity index (χ2n) is 2.85. The van der Waals surface area contributed by atoms with Crippen LogP contribution in [0.2, 0.25) is 0 Å². The summed E-state index contributed by atoms with van der Waals surface area (Å²) in [5.41, 5.74) is 1.10. The molecule has 0 bridgehead atoms. The standard InChI is InChI=1S/C10H13NO3/c1-8-2-4-9(5-3-8)14-10(13)11-6-7-12/h2-5,12H,6-7H2,1H3,(H,11,13). The third-order valence-corrected chi connectivity index (χ3v) is 1.61. The molecule has 2 N–H and O–H groups in total. The van der Waals surface area contributed by atoms with Crippen molar-refractivity contribution in [1.29, 1.82) is 0 Å². The van der Waals surface area contributed by atoms with Crippen LogP contribution >= 0.6 is 0 Å². The molecule has 0 aromatic heterocycles. The van der Waals surface area contributed by atoms with Gasteiger partial charge in [-0.15, -0.1) is 0 Å². The Balaban J connectivity index is 2.44. The third kappa shape index (κ3) is 3.45. The number of rotatable bonds is 3. The third-order valence-electron chi connectivity index (χ3n) is 1.61. The average Bonchev–Trinajstić information content (AvgIpc) is 2.18. The largest absolute Gasteiger partial charge is 0.412 e. The molecule has 0 saturated heterocycles. The van der Waals surface area contributed by atoms with Gasteiger partial charge in [0.1, 0.15) is 5.75 Å². The Labute approximate surface area is 82.5 Å². The first kappa shape index (κ1) is 10.5. The van der Waals surface area contributed by atoms with Crippen molar-refractivity contribution in [3.05, 3.63) is 29.8 Å². The van der Waals surface area contributed by atoms with Gasteiger partial charge in [0.15, 0.2) is 0 Å². The Kier molecular flexibility index (Phi) is 3.94. The number of ether oxygens (including phenoxy) is 1. The van der Waals surface area contributed by atoms with E-state index in [1.54, 1.807) is 12.1 Å². The minimum atomic E-state index is -0.553. The highest BCUT2D eigenvalue weighted by Crippen LogP contribution is 2.11. The molecule has 0 fully saturated rings. The quantitative estimate of drug-likeness (QED) is 0.758. The van der Waals surface area contributed by atoms with Crippen molar-refractivity contribution >= 4 is 6.09 Å². The van der Waals surface area contributed by atoms with E-state index in [9.17, 15) is 4.79 Å². The fraction of sp³-hybridized carbons (Fsp3) is 0.300. The lowest BCUT2D eigenvalue weighted by Crippen LogP contribution is -2.29. The summed E-state index contributed by atoms with van der Waals surface area (Å²) in [7, 11) is 0. The van der Waals surface area contributed by atoms with E-state index < -0.39 is 6.09 Å². The van der Waals surface area contributed by atoms with Crippen molar-refractivity contribution in [2.24, 2.45) is 0 Å². The molecule has 4 heteroatoms. The van der Waals surface area contributed by atoms with Crippen LogP contribution < -0.4 is 10.1 Å². The van der Waals surface area contributed by atoms with Gasteiger partial charge in [-0.2, -0.15) is 0 Å². The minimum absolute atomic E-state index is 0.0942. The van der Waals surface area contributed by atoms with E-state index in [-0.39, 0.29) is 13.2 Å². The second kappa shape index (κ2) is 5.24. The van der Waals surface area contributed by atoms with Crippen molar-refractivity contribution in [3.8, 4) is 5.75 Å². The maximum atomic E-state index is 11.0. The number of hydrogen-bond acceptors (Lipinski definition) is 3. The maximum absolute atomic E-state index is 11.0. The molecule has 0 saturated carbocycles. The van der Waals surface area contributed by atoms with Gasteiger partial charge in [-0.1, -0.05) is 17.7 Å². The summed E-state index contributed by atoms with van der Waals surface area (Å²) >= 11 is 0. The Morgan fingerprint density at radius 1 is 1.43 bits per heavy atom. The molecule has 1 rings (SSSR count). The van der Waals surface area contributed by atoms with Crippen molar-refractivity contribution in [2.75, 3.05) is 13.2 Å². The summed E-state index contributed by atoms with van der Waals surface area (Å²) in [5.74, 6) is 0.492. The van der Waals surface area contributed by atoms with Gasteiger partial charge in [-0.25, -0.2) is 4.79 Å². The number of benzene rings is 1. The van der Waals surface area contributed by atoms with E-state index in [1.165, 1.54) is 0 Å². The number of aryl methyl sites for hydroxylation is 1. The number of carbonyl (C=O) groups excluding carboxylic acids is 1. The van der Waals surface area contributed by atoms with Crippen LogP contribution in [0, 0.1) is 6.92 Å². The number of aliphatic hydroxyl groups excluding tert-OH is 1. The Bertz CT molecular complexity index is 295. The molecule has 0 aliphatic carbocycles. The first-order valence-corrected chi connectivity index (χ1v) is 4.35. The first-order chi connectivity index (χ1) is 6.72. The SMILES string of the molecule is Cc1ccc(OC(=O)NCCO)cc1. The second-order valence-corrected chi connectivity index (χ2v) is 2.85. The molecule has 1 aromatic carbocycles. The Hall–Kier alpha value is -1.55. The molecule has 1 amide bonds. The molecule has 0 atom stereocenters. The monoisotopic (exact) mass is 195 g/mol. The lowest BCUT2D eigenvalue weighted by molar-refractivity contribution is 0.195. The molecular formula is C10H13NO3. The molecule has 0 heterocycles. The minimum Gasteiger partial charge on any atom is -0.410 e. The molecule has 14 heavy (non-hydrogen) atoms. The van der Waals surface area contributed by atoms with Crippen LogP contribution in [0.3, 0.4) is 0 Å². The summed E-state index contributed by atoms with van der Waals surface area (Å²) < 4.78 is 4.91. The smallest absolute Gasteiger partial charge is 0.410 e. The van der Waals surface area contributed by atoms with Crippen LogP contribution in [0.5, 0.6) is 5.75 Å². The molecule has 0 aliphatic heterocycles. The average molecular weight is 195 g/mol. The van der Waals surface area contributed by atoms with Gasteiger partial charge >= 0.3 is 6.09 Å². The summed E-state index contributed by atoms with van der Waals surface area (Å²) in [6.45, 7) is 2.06. The summed E-state index contributed by atoms with van der Waals surface area (Å²) in [4.78, 5) is 11.0.